The van der Waals surface area contributed by atoms with E-state index in [2.05, 4.69) is 42.6 Å². The highest BCUT2D eigenvalue weighted by Crippen LogP contribution is 2.39. The number of rotatable bonds is 13. The molecule has 1 unspecified atom stereocenters. The molecule has 17 heteroatoms. The standard InChI is InChI=1S/C41H41N11O5S/c1-43-31-19-32(33-13-11-27-17-23(20-42)21-46-52(27)33)45-22-30(31)39-50-49-38(58-39)24-6-8-25(9-7-24)47-35(53)5-3-2-4-16-44-26-10-12-28-29(18-26)41(57)51(40(28)56)34-14-15-36(54)48-37(34)55/h10-13,17-19,21-22,24-25,34,44H,2-9,14-16H2,1H3,(H,43,45)(H,47,53)(H,48,54,55)/t24-,25+,34?. The third-order valence-corrected chi connectivity index (χ3v) is 12.1. The van der Waals surface area contributed by atoms with Crippen LogP contribution in [0.15, 0.2) is 54.9 Å². The highest BCUT2D eigenvalue weighted by molar-refractivity contribution is 7.14. The van der Waals surface area contributed by atoms with Gasteiger partial charge in [0.2, 0.25) is 17.7 Å². The Balaban J connectivity index is 0.758. The Bertz CT molecular complexity index is 2480. The van der Waals surface area contributed by atoms with E-state index in [0.717, 1.165) is 88.0 Å². The molecule has 1 atom stereocenters. The number of fused-ring (bicyclic) bond motifs is 2. The van der Waals surface area contributed by atoms with Crippen molar-refractivity contribution in [3.8, 4) is 28.0 Å². The van der Waals surface area contributed by atoms with Crippen molar-refractivity contribution < 1.29 is 24.0 Å². The first-order chi connectivity index (χ1) is 28.2. The monoisotopic (exact) mass is 799 g/mol. The minimum Gasteiger partial charge on any atom is -0.387 e. The van der Waals surface area contributed by atoms with Gasteiger partial charge >= 0.3 is 0 Å². The van der Waals surface area contributed by atoms with Crippen LogP contribution >= 0.6 is 11.3 Å². The number of pyridine rings is 1. The number of nitriles is 1. The third kappa shape index (κ3) is 7.75. The summed E-state index contributed by atoms with van der Waals surface area (Å²) in [5, 5.41) is 36.5. The van der Waals surface area contributed by atoms with Crippen LogP contribution in [0.1, 0.15) is 101 Å². The molecule has 8 rings (SSSR count). The quantitative estimate of drug-likeness (QED) is 0.0910. The Morgan fingerprint density at radius 1 is 0.931 bits per heavy atom. The van der Waals surface area contributed by atoms with Crippen molar-refractivity contribution in [1.29, 1.82) is 5.26 Å². The molecule has 296 valence electrons. The molecule has 2 aliphatic heterocycles. The number of anilines is 2. The van der Waals surface area contributed by atoms with Gasteiger partial charge in [-0.2, -0.15) is 10.4 Å². The van der Waals surface area contributed by atoms with Crippen molar-refractivity contribution in [2.45, 2.75) is 82.2 Å². The lowest BCUT2D eigenvalue weighted by atomic mass is 9.86. The Morgan fingerprint density at radius 3 is 2.55 bits per heavy atom. The molecule has 58 heavy (non-hydrogen) atoms. The van der Waals surface area contributed by atoms with Crippen molar-refractivity contribution in [3.05, 3.63) is 76.6 Å². The van der Waals surface area contributed by atoms with Crippen molar-refractivity contribution in [1.82, 2.24) is 40.3 Å². The number of benzene rings is 1. The number of amides is 5. The summed E-state index contributed by atoms with van der Waals surface area (Å²) >= 11 is 1.58. The maximum Gasteiger partial charge on any atom is 0.262 e. The van der Waals surface area contributed by atoms with E-state index in [1.165, 1.54) is 6.20 Å². The summed E-state index contributed by atoms with van der Waals surface area (Å²) in [5.41, 5.74) is 5.77. The largest absolute Gasteiger partial charge is 0.387 e. The molecule has 2 fully saturated rings. The molecule has 4 aromatic heterocycles. The van der Waals surface area contributed by atoms with E-state index in [-0.39, 0.29) is 41.8 Å². The van der Waals surface area contributed by atoms with E-state index in [1.54, 1.807) is 46.3 Å². The van der Waals surface area contributed by atoms with Gasteiger partial charge in [0.1, 0.15) is 17.1 Å². The van der Waals surface area contributed by atoms with Gasteiger partial charge in [0.15, 0.2) is 5.01 Å². The van der Waals surface area contributed by atoms with Crippen LogP contribution in [0.5, 0.6) is 0 Å². The van der Waals surface area contributed by atoms with Crippen molar-refractivity contribution in [3.63, 3.8) is 0 Å². The molecule has 1 saturated heterocycles. The van der Waals surface area contributed by atoms with Crippen molar-refractivity contribution in [2.24, 2.45) is 0 Å². The Hall–Kier alpha value is -6.54. The second-order valence-corrected chi connectivity index (χ2v) is 15.8. The van der Waals surface area contributed by atoms with Gasteiger partial charge in [0.25, 0.3) is 11.8 Å². The fourth-order valence-electron chi connectivity index (χ4n) is 7.92. The summed E-state index contributed by atoms with van der Waals surface area (Å²) in [6, 6.07) is 13.8. The van der Waals surface area contributed by atoms with Crippen LogP contribution in [0.2, 0.25) is 0 Å². The van der Waals surface area contributed by atoms with E-state index in [4.69, 9.17) is 4.98 Å². The van der Waals surface area contributed by atoms with Crippen LogP contribution in [-0.4, -0.2) is 84.9 Å². The van der Waals surface area contributed by atoms with Crippen LogP contribution < -0.4 is 21.3 Å². The van der Waals surface area contributed by atoms with Gasteiger partial charge in [0.05, 0.1) is 45.4 Å². The normalized spacial score (nSPS) is 19.2. The number of carbonyl (C=O) groups is 5. The molecular weight excluding hydrogens is 759 g/mol. The number of nitrogens with zero attached hydrogens (tertiary/aromatic N) is 7. The first-order valence-electron chi connectivity index (χ1n) is 19.5. The third-order valence-electron chi connectivity index (χ3n) is 11.0. The van der Waals surface area contributed by atoms with Crippen molar-refractivity contribution in [2.75, 3.05) is 24.2 Å². The predicted molar refractivity (Wildman–Crippen MR) is 215 cm³/mol. The summed E-state index contributed by atoms with van der Waals surface area (Å²) < 4.78 is 1.77. The molecule has 0 bridgehead atoms. The van der Waals surface area contributed by atoms with Crippen LogP contribution in [-0.2, 0) is 14.4 Å². The number of unbranched alkanes of at least 4 members (excludes halogenated alkanes) is 2. The van der Waals surface area contributed by atoms with Gasteiger partial charge < -0.3 is 16.0 Å². The van der Waals surface area contributed by atoms with Gasteiger partial charge in [-0.25, -0.2) is 4.52 Å². The SMILES string of the molecule is CNc1cc(-c2ccc3cc(C#N)cnn23)ncc1-c1nnc([C@H]2CC[C@@H](NC(=O)CCCCCNc3ccc4c(c3)C(=O)N(C3CCC(=O)NC3=O)C4=O)CC2)s1. The van der Waals surface area contributed by atoms with Gasteiger partial charge in [-0.05, 0) is 87.4 Å². The smallest absolute Gasteiger partial charge is 0.262 e. The Labute approximate surface area is 337 Å². The Kier molecular flexibility index (Phi) is 10.9. The maximum absolute atomic E-state index is 13.1. The van der Waals surface area contributed by atoms with E-state index in [9.17, 15) is 29.2 Å². The van der Waals surface area contributed by atoms with E-state index in [1.807, 2.05) is 25.2 Å². The molecule has 1 aliphatic carbocycles. The number of carbonyl (C=O) groups excluding carboxylic acids is 5. The minimum absolute atomic E-state index is 0.0587. The lowest BCUT2D eigenvalue weighted by Gasteiger charge is -2.27. The molecular formula is C41H41N11O5S. The molecule has 3 aliphatic rings. The molecule has 6 heterocycles. The number of hydrogen-bond donors (Lipinski definition) is 4. The first-order valence-corrected chi connectivity index (χ1v) is 20.3. The van der Waals surface area contributed by atoms with Crippen LogP contribution in [0.3, 0.4) is 0 Å². The van der Waals surface area contributed by atoms with Gasteiger partial charge in [-0.1, -0.05) is 17.8 Å². The van der Waals surface area contributed by atoms with Gasteiger partial charge in [0, 0.05) is 56.0 Å². The predicted octanol–water partition coefficient (Wildman–Crippen LogP) is 5.04. The second-order valence-electron chi connectivity index (χ2n) is 14.8. The number of imide groups is 2. The summed E-state index contributed by atoms with van der Waals surface area (Å²) in [6.45, 7) is 0.628. The van der Waals surface area contributed by atoms with Crippen LogP contribution in [0, 0.1) is 11.3 Å². The number of nitrogens with one attached hydrogen (secondary N) is 4. The first kappa shape index (κ1) is 38.3. The number of hydrogen-bond acceptors (Lipinski definition) is 13. The fraction of sp³-hybridized carbons (Fsp3) is 0.366. The zero-order valence-electron chi connectivity index (χ0n) is 31.8. The number of aromatic nitrogens is 5. The summed E-state index contributed by atoms with van der Waals surface area (Å²) in [5.74, 6) is -1.77. The average molecular weight is 800 g/mol. The van der Waals surface area contributed by atoms with E-state index < -0.39 is 29.7 Å². The molecule has 1 aromatic carbocycles. The van der Waals surface area contributed by atoms with Crippen LogP contribution in [0.25, 0.3) is 27.5 Å². The Morgan fingerprint density at radius 2 is 1.76 bits per heavy atom. The lowest BCUT2D eigenvalue weighted by molar-refractivity contribution is -0.136. The molecule has 16 nitrogen and oxygen atoms in total. The van der Waals surface area contributed by atoms with E-state index in [0.29, 0.717) is 24.2 Å². The molecule has 5 amide bonds. The molecule has 1 saturated carbocycles. The summed E-state index contributed by atoms with van der Waals surface area (Å²) in [4.78, 5) is 68.4. The van der Waals surface area contributed by atoms with Gasteiger partial charge in [-0.3, -0.25) is 39.2 Å². The lowest BCUT2D eigenvalue weighted by Crippen LogP contribution is -2.54. The molecule has 0 spiro atoms. The highest BCUT2D eigenvalue weighted by Gasteiger charge is 2.44. The van der Waals surface area contributed by atoms with Crippen molar-refractivity contribution >= 4 is 57.8 Å². The minimum atomic E-state index is -0.995. The zero-order valence-corrected chi connectivity index (χ0v) is 32.6. The average Bonchev–Trinajstić information content (AvgIpc) is 3.96. The molecule has 0 radical (unpaired) electrons. The molecule has 5 aromatic rings. The number of piperidine rings is 1. The fourth-order valence-corrected chi connectivity index (χ4v) is 8.96. The van der Waals surface area contributed by atoms with Gasteiger partial charge in [-0.15, -0.1) is 10.2 Å². The second kappa shape index (κ2) is 16.5. The maximum atomic E-state index is 13.1. The van der Waals surface area contributed by atoms with E-state index >= 15 is 0 Å². The summed E-state index contributed by atoms with van der Waals surface area (Å²) in [7, 11) is 1.86. The summed E-state index contributed by atoms with van der Waals surface area (Å²) in [6.07, 6.45) is 9.98. The highest BCUT2D eigenvalue weighted by atomic mass is 32.1. The molecule has 4 N–H and O–H groups in total. The zero-order chi connectivity index (χ0) is 40.3. The topological polar surface area (TPSA) is 216 Å². The van der Waals surface area contributed by atoms with Crippen LogP contribution in [0.4, 0.5) is 11.4 Å².